The third kappa shape index (κ3) is 3.86. The Kier molecular flexibility index (Phi) is 5.54. The van der Waals surface area contributed by atoms with Crippen molar-refractivity contribution in [3.05, 3.63) is 137 Å². The Balaban J connectivity index is 1.40. The molecule has 6 aromatic carbocycles. The van der Waals surface area contributed by atoms with Crippen molar-refractivity contribution in [2.75, 3.05) is 16.3 Å². The number of aryl methyl sites for hydroxylation is 2. The molecule has 0 atom stereocenters. The molecule has 42 heavy (non-hydrogen) atoms. The standard InChI is InChI=1S/C36H24F4N2/c37-24-15-25(38)18-28(17-24)42(29-19-26(39)16-27(40)20-29)34-12-8-23-5-9-30-33(41-14-13-21-3-1-2-4-32(21)41)11-7-22-6-10-31(34)36(23)35(22)30/h1-5,7-9,11-12,15-20H,6,10,13-14H2. The third-order valence-electron chi connectivity index (χ3n) is 8.58. The minimum absolute atomic E-state index is 0.147. The predicted octanol–water partition coefficient (Wildman–Crippen LogP) is 9.81. The Morgan fingerprint density at radius 2 is 1.21 bits per heavy atom. The number of benzene rings is 6. The van der Waals surface area contributed by atoms with Gasteiger partial charge in [-0.25, -0.2) is 17.6 Å². The van der Waals surface area contributed by atoms with Crippen LogP contribution < -0.4 is 9.80 Å². The van der Waals surface area contributed by atoms with Crippen molar-refractivity contribution in [3.63, 3.8) is 0 Å². The molecule has 2 aliphatic rings. The second-order valence-corrected chi connectivity index (χ2v) is 11.0. The van der Waals surface area contributed by atoms with Gasteiger partial charge in [0.2, 0.25) is 0 Å². The highest BCUT2D eigenvalue weighted by molar-refractivity contribution is 6.17. The van der Waals surface area contributed by atoms with E-state index in [4.69, 9.17) is 0 Å². The van der Waals surface area contributed by atoms with Crippen LogP contribution in [0.4, 0.5) is 46.0 Å². The lowest BCUT2D eigenvalue weighted by Crippen LogP contribution is -2.16. The molecular formula is C36H24F4N2. The minimum Gasteiger partial charge on any atom is -0.340 e. The molecule has 0 aromatic heterocycles. The van der Waals surface area contributed by atoms with Gasteiger partial charge in [0, 0.05) is 41.1 Å². The number of para-hydroxylation sites is 1. The van der Waals surface area contributed by atoms with Gasteiger partial charge in [0.15, 0.2) is 0 Å². The van der Waals surface area contributed by atoms with Gasteiger partial charge in [-0.05, 0) is 94.6 Å². The Hall–Kier alpha value is -4.84. The summed E-state index contributed by atoms with van der Waals surface area (Å²) in [5.41, 5.74) is 6.80. The molecule has 0 radical (unpaired) electrons. The van der Waals surface area contributed by atoms with E-state index in [1.54, 1.807) is 4.90 Å². The summed E-state index contributed by atoms with van der Waals surface area (Å²) in [6.07, 6.45) is 2.40. The fraction of sp³-hybridized carbons (Fsp3) is 0.111. The zero-order chi connectivity index (χ0) is 28.5. The number of hydrogen-bond acceptors (Lipinski definition) is 2. The smallest absolute Gasteiger partial charge is 0.128 e. The maximum absolute atomic E-state index is 14.5. The van der Waals surface area contributed by atoms with Crippen LogP contribution in [0.15, 0.2) is 97.1 Å². The first kappa shape index (κ1) is 24.9. The first-order valence-corrected chi connectivity index (χ1v) is 14.0. The highest BCUT2D eigenvalue weighted by atomic mass is 19.1. The molecule has 2 nitrogen and oxygen atoms in total. The van der Waals surface area contributed by atoms with Crippen molar-refractivity contribution in [3.8, 4) is 0 Å². The first-order valence-electron chi connectivity index (χ1n) is 14.0. The van der Waals surface area contributed by atoms with Crippen molar-refractivity contribution < 1.29 is 17.6 Å². The summed E-state index contributed by atoms with van der Waals surface area (Å²) in [5.74, 6) is -3.09. The Morgan fingerprint density at radius 3 is 1.93 bits per heavy atom. The fourth-order valence-electron chi connectivity index (χ4n) is 6.90. The molecule has 0 unspecified atom stereocenters. The van der Waals surface area contributed by atoms with E-state index >= 15 is 0 Å². The van der Waals surface area contributed by atoms with E-state index < -0.39 is 23.3 Å². The van der Waals surface area contributed by atoms with E-state index in [0.29, 0.717) is 12.1 Å². The lowest BCUT2D eigenvalue weighted by Gasteiger charge is -2.31. The van der Waals surface area contributed by atoms with Crippen LogP contribution in [0.5, 0.6) is 0 Å². The maximum atomic E-state index is 14.5. The first-order chi connectivity index (χ1) is 20.4. The summed E-state index contributed by atoms with van der Waals surface area (Å²) in [6, 6.07) is 27.3. The molecule has 206 valence electrons. The zero-order valence-electron chi connectivity index (χ0n) is 22.5. The molecule has 6 heteroatoms. The molecule has 0 fully saturated rings. The molecule has 0 bridgehead atoms. The van der Waals surface area contributed by atoms with Gasteiger partial charge >= 0.3 is 0 Å². The van der Waals surface area contributed by atoms with Crippen LogP contribution in [-0.4, -0.2) is 6.54 Å². The van der Waals surface area contributed by atoms with Gasteiger partial charge in [-0.2, -0.15) is 0 Å². The van der Waals surface area contributed by atoms with Gasteiger partial charge in [-0.3, -0.25) is 0 Å². The molecule has 8 rings (SSSR count). The normalized spacial score (nSPS) is 13.8. The molecular weight excluding hydrogens is 536 g/mol. The highest BCUT2D eigenvalue weighted by Crippen LogP contribution is 2.47. The summed E-state index contributed by atoms with van der Waals surface area (Å²) in [6.45, 7) is 0.892. The van der Waals surface area contributed by atoms with E-state index in [1.807, 2.05) is 12.1 Å². The van der Waals surface area contributed by atoms with Crippen LogP contribution in [-0.2, 0) is 19.3 Å². The number of halogens is 4. The van der Waals surface area contributed by atoms with Crippen LogP contribution in [0.3, 0.4) is 0 Å². The fourth-order valence-corrected chi connectivity index (χ4v) is 6.90. The van der Waals surface area contributed by atoms with Crippen molar-refractivity contribution in [1.29, 1.82) is 0 Å². The lowest BCUT2D eigenvalue weighted by atomic mass is 9.84. The maximum Gasteiger partial charge on any atom is 0.128 e. The molecule has 1 aliphatic heterocycles. The SMILES string of the molecule is Fc1cc(F)cc(N(c2cc(F)cc(F)c2)c2ccc3ccc4c(N5CCc6ccccc65)ccc5c4c3c2CC5)c1. The van der Waals surface area contributed by atoms with Gasteiger partial charge < -0.3 is 9.80 Å². The predicted molar refractivity (Wildman–Crippen MR) is 161 cm³/mol. The van der Waals surface area contributed by atoms with Crippen LogP contribution in [0, 0.1) is 23.3 Å². The number of anilines is 5. The van der Waals surface area contributed by atoms with Crippen LogP contribution >= 0.6 is 0 Å². The van der Waals surface area contributed by atoms with Gasteiger partial charge in [0.1, 0.15) is 23.3 Å². The van der Waals surface area contributed by atoms with E-state index in [2.05, 4.69) is 53.4 Å². The molecule has 0 saturated heterocycles. The monoisotopic (exact) mass is 560 g/mol. The average Bonchev–Trinajstić information content (AvgIpc) is 3.39. The molecule has 1 heterocycles. The molecule has 0 amide bonds. The van der Waals surface area contributed by atoms with Gasteiger partial charge in [-0.15, -0.1) is 0 Å². The highest BCUT2D eigenvalue weighted by Gasteiger charge is 2.27. The van der Waals surface area contributed by atoms with Crippen molar-refractivity contribution >= 4 is 50.0 Å². The number of nitrogens with zero attached hydrogens (tertiary/aromatic N) is 2. The van der Waals surface area contributed by atoms with E-state index in [-0.39, 0.29) is 11.4 Å². The van der Waals surface area contributed by atoms with Crippen LogP contribution in [0.25, 0.3) is 21.5 Å². The van der Waals surface area contributed by atoms with Gasteiger partial charge in [-0.1, -0.05) is 42.5 Å². The quantitative estimate of drug-likeness (QED) is 0.156. The third-order valence-corrected chi connectivity index (χ3v) is 8.58. The molecule has 6 aromatic rings. The van der Waals surface area contributed by atoms with Crippen molar-refractivity contribution in [2.45, 2.75) is 19.3 Å². The van der Waals surface area contributed by atoms with Crippen LogP contribution in [0.1, 0.15) is 16.7 Å². The molecule has 0 N–H and O–H groups in total. The van der Waals surface area contributed by atoms with Crippen molar-refractivity contribution in [2.24, 2.45) is 0 Å². The lowest BCUT2D eigenvalue weighted by molar-refractivity contribution is 0.582. The Labute approximate surface area is 240 Å². The summed E-state index contributed by atoms with van der Waals surface area (Å²) in [4.78, 5) is 3.92. The zero-order valence-corrected chi connectivity index (χ0v) is 22.5. The summed E-state index contributed by atoms with van der Waals surface area (Å²) in [5, 5.41) is 4.37. The minimum atomic E-state index is -0.774. The summed E-state index contributed by atoms with van der Waals surface area (Å²) < 4.78 is 58.0. The van der Waals surface area contributed by atoms with E-state index in [1.165, 1.54) is 41.1 Å². The Morgan fingerprint density at radius 1 is 0.548 bits per heavy atom. The molecule has 0 spiro atoms. The van der Waals surface area contributed by atoms with E-state index in [0.717, 1.165) is 64.3 Å². The van der Waals surface area contributed by atoms with Crippen molar-refractivity contribution in [1.82, 2.24) is 0 Å². The van der Waals surface area contributed by atoms with Crippen LogP contribution in [0.2, 0.25) is 0 Å². The van der Waals surface area contributed by atoms with Gasteiger partial charge in [0.05, 0.1) is 11.4 Å². The second-order valence-electron chi connectivity index (χ2n) is 11.0. The molecule has 0 saturated carbocycles. The second kappa shape index (κ2) is 9.35. The summed E-state index contributed by atoms with van der Waals surface area (Å²) in [7, 11) is 0. The largest absolute Gasteiger partial charge is 0.340 e. The molecule has 1 aliphatic carbocycles. The topological polar surface area (TPSA) is 6.48 Å². The summed E-state index contributed by atoms with van der Waals surface area (Å²) >= 11 is 0. The van der Waals surface area contributed by atoms with Gasteiger partial charge in [0.25, 0.3) is 0 Å². The van der Waals surface area contributed by atoms with E-state index in [9.17, 15) is 17.6 Å². The average molecular weight is 561 g/mol. The number of fused-ring (bicyclic) bond motifs is 1. The number of hydrogen-bond donors (Lipinski definition) is 0. The number of rotatable bonds is 4. The Bertz CT molecular complexity index is 1980.